The first-order valence-corrected chi connectivity index (χ1v) is 15.2. The predicted molar refractivity (Wildman–Crippen MR) is 176 cm³/mol. The Morgan fingerprint density at radius 2 is 1.43 bits per heavy atom. The van der Waals surface area contributed by atoms with Crippen LogP contribution in [0.5, 0.6) is 0 Å². The molecule has 0 atom stereocenters. The first kappa shape index (κ1) is 21.5. The van der Waals surface area contributed by atoms with Gasteiger partial charge in [0.05, 0.1) is 15.7 Å². The van der Waals surface area contributed by atoms with E-state index >= 15 is 0 Å². The molecule has 1 aliphatic rings. The van der Waals surface area contributed by atoms with Crippen LogP contribution >= 0.6 is 22.7 Å². The van der Waals surface area contributed by atoms with Crippen molar-refractivity contribution in [2.75, 3.05) is 0 Å². The molecule has 0 fully saturated rings. The smallest absolute Gasteiger partial charge is 0.197 e. The Morgan fingerprint density at radius 1 is 0.675 bits per heavy atom. The predicted octanol–water partition coefficient (Wildman–Crippen LogP) is 8.79. The molecule has 4 aromatic heterocycles. The van der Waals surface area contributed by atoms with E-state index in [0.717, 1.165) is 0 Å². The van der Waals surface area contributed by atoms with E-state index in [1.165, 1.54) is 95.7 Å². The Morgan fingerprint density at radius 3 is 2.33 bits per heavy atom. The first-order valence-electron chi connectivity index (χ1n) is 13.6. The van der Waals surface area contributed by atoms with Crippen LogP contribution in [0.4, 0.5) is 0 Å². The van der Waals surface area contributed by atoms with Gasteiger partial charge in [-0.15, -0.1) is 22.7 Å². The van der Waals surface area contributed by atoms with Gasteiger partial charge >= 0.3 is 0 Å². The van der Waals surface area contributed by atoms with Crippen molar-refractivity contribution in [3.8, 4) is 16.8 Å². The largest absolute Gasteiger partial charge is 0.346 e. The maximum Gasteiger partial charge on any atom is 0.197 e. The molecule has 1 aliphatic heterocycles. The third-order valence-corrected chi connectivity index (χ3v) is 10.9. The Kier molecular flexibility index (Phi) is 4.00. The minimum Gasteiger partial charge on any atom is -0.346 e. The van der Waals surface area contributed by atoms with Crippen molar-refractivity contribution in [1.82, 2.24) is 9.55 Å². The highest BCUT2D eigenvalue weighted by molar-refractivity contribution is 7.27. The number of rotatable bonds is 1. The maximum atomic E-state index is 3.84. The van der Waals surface area contributed by atoms with Crippen LogP contribution in [-0.4, -0.2) is 16.8 Å². The minimum absolute atomic E-state index is 1.22. The molecule has 1 N–H and O–H groups in total. The van der Waals surface area contributed by atoms with E-state index in [0.29, 0.717) is 0 Å². The number of nitrogens with zero attached hydrogens (tertiary/aromatic N) is 1. The van der Waals surface area contributed by atoms with Crippen LogP contribution in [0.1, 0.15) is 5.56 Å². The average molecular weight is 544 g/mol. The molecule has 10 rings (SSSR count). The molecule has 0 aliphatic carbocycles. The number of H-pyrrole nitrogens is 1. The molecule has 185 valence electrons. The van der Waals surface area contributed by atoms with Crippen molar-refractivity contribution in [2.24, 2.45) is 0 Å². The molecule has 5 aromatic carbocycles. The van der Waals surface area contributed by atoms with E-state index in [2.05, 4.69) is 121 Å². The average Bonchev–Trinajstić information content (AvgIpc) is 3.71. The number of fused-ring (bicyclic) bond motifs is 12. The van der Waals surface area contributed by atoms with E-state index in [1.54, 1.807) is 0 Å². The van der Waals surface area contributed by atoms with Crippen molar-refractivity contribution in [1.29, 1.82) is 0 Å². The molecule has 5 heterocycles. The number of nitrogens with one attached hydrogen (secondary N) is 1. The van der Waals surface area contributed by atoms with Crippen molar-refractivity contribution in [3.63, 3.8) is 0 Å². The van der Waals surface area contributed by atoms with Crippen molar-refractivity contribution in [2.45, 2.75) is 6.92 Å². The van der Waals surface area contributed by atoms with Crippen LogP contribution < -0.4 is 10.9 Å². The van der Waals surface area contributed by atoms with Gasteiger partial charge in [-0.25, -0.2) is 0 Å². The number of hydrogen-bond donors (Lipinski definition) is 1. The fourth-order valence-corrected chi connectivity index (χ4v) is 9.36. The standard InChI is InChI=1S/C35H20BN2S2/c1-18-16-24(19-10-6-11-22-29-20-8-2-4-14-27(20)40-35(29)37-31(19)22)30-26(17-18)38-32-23(12-7-13-25(32)36-30)34-33(38)21-9-3-5-15-28(21)39-34/h2-17,37H,1H3. The molecule has 1 radical (unpaired) electrons. The van der Waals surface area contributed by atoms with Gasteiger partial charge in [0.2, 0.25) is 0 Å². The fraction of sp³-hybridized carbons (Fsp3) is 0.0286. The van der Waals surface area contributed by atoms with E-state index in [4.69, 9.17) is 0 Å². The SMILES string of the molecule is Cc1cc(-c2cccc3c2[nH]c2sc4ccccc4c23)c2c(c1)-n1c3c(cccc3c3sc4ccccc4c31)[B]2. The molecular formula is C35H20BN2S2. The van der Waals surface area contributed by atoms with Gasteiger partial charge in [-0.05, 0) is 41.7 Å². The highest BCUT2D eigenvalue weighted by Crippen LogP contribution is 2.44. The van der Waals surface area contributed by atoms with Crippen molar-refractivity contribution >= 4 is 103 Å². The summed E-state index contributed by atoms with van der Waals surface area (Å²) in [5.74, 6) is 0. The number of thiophene rings is 2. The summed E-state index contributed by atoms with van der Waals surface area (Å²) in [7, 11) is 2.41. The van der Waals surface area contributed by atoms with Crippen LogP contribution in [0.2, 0.25) is 0 Å². The third kappa shape index (κ3) is 2.60. The lowest BCUT2D eigenvalue weighted by atomic mass is 9.59. The van der Waals surface area contributed by atoms with Gasteiger partial charge in [-0.2, -0.15) is 0 Å². The van der Waals surface area contributed by atoms with E-state index in [-0.39, 0.29) is 0 Å². The van der Waals surface area contributed by atoms with E-state index in [1.807, 2.05) is 22.7 Å². The van der Waals surface area contributed by atoms with Crippen LogP contribution in [-0.2, 0) is 0 Å². The minimum atomic E-state index is 1.22. The van der Waals surface area contributed by atoms with Crippen LogP contribution in [0, 0.1) is 6.92 Å². The molecular weight excluding hydrogens is 523 g/mol. The summed E-state index contributed by atoms with van der Waals surface area (Å²) in [4.78, 5) is 5.09. The molecule has 5 heteroatoms. The number of para-hydroxylation sites is 2. The lowest BCUT2D eigenvalue weighted by Crippen LogP contribution is -2.37. The fourth-order valence-electron chi connectivity index (χ4n) is 7.03. The number of aryl methyl sites for hydroxylation is 1. The molecule has 0 unspecified atom stereocenters. The van der Waals surface area contributed by atoms with Crippen molar-refractivity contribution < 1.29 is 0 Å². The number of hydrogen-bond acceptors (Lipinski definition) is 2. The van der Waals surface area contributed by atoms with Crippen LogP contribution in [0.25, 0.3) is 79.2 Å². The summed E-state index contributed by atoms with van der Waals surface area (Å²) in [5, 5.41) is 6.65. The molecule has 2 nitrogen and oxygen atoms in total. The monoisotopic (exact) mass is 543 g/mol. The van der Waals surface area contributed by atoms with Gasteiger partial charge in [-0.1, -0.05) is 84.3 Å². The highest BCUT2D eigenvalue weighted by Gasteiger charge is 2.28. The molecule has 9 aromatic rings. The van der Waals surface area contributed by atoms with Gasteiger partial charge in [-0.3, -0.25) is 0 Å². The molecule has 0 amide bonds. The topological polar surface area (TPSA) is 20.7 Å². The Balaban J connectivity index is 1.33. The molecule has 0 saturated carbocycles. The number of aromatic nitrogens is 2. The zero-order chi connectivity index (χ0) is 26.1. The third-order valence-electron chi connectivity index (χ3n) is 8.63. The van der Waals surface area contributed by atoms with Gasteiger partial charge in [0.15, 0.2) is 7.28 Å². The zero-order valence-electron chi connectivity index (χ0n) is 21.6. The van der Waals surface area contributed by atoms with Crippen molar-refractivity contribution in [3.05, 3.63) is 103 Å². The van der Waals surface area contributed by atoms with Gasteiger partial charge in [0.1, 0.15) is 4.83 Å². The summed E-state index contributed by atoms with van der Waals surface area (Å²) in [5.41, 5.74) is 11.5. The second kappa shape index (κ2) is 7.45. The highest BCUT2D eigenvalue weighted by atomic mass is 32.1. The summed E-state index contributed by atoms with van der Waals surface area (Å²) in [6, 6.07) is 35.9. The number of aromatic amines is 1. The van der Waals surface area contributed by atoms with Crippen LogP contribution in [0.15, 0.2) is 97.1 Å². The van der Waals surface area contributed by atoms with Gasteiger partial charge in [0, 0.05) is 53.1 Å². The molecule has 0 spiro atoms. The lowest BCUT2D eigenvalue weighted by Gasteiger charge is -2.24. The van der Waals surface area contributed by atoms with Crippen LogP contribution in [0.3, 0.4) is 0 Å². The van der Waals surface area contributed by atoms with E-state index in [9.17, 15) is 0 Å². The maximum absolute atomic E-state index is 3.84. The first-order chi connectivity index (χ1) is 19.7. The van der Waals surface area contributed by atoms with Gasteiger partial charge < -0.3 is 9.55 Å². The Labute approximate surface area is 238 Å². The second-order valence-corrected chi connectivity index (χ2v) is 13.0. The normalized spacial score (nSPS) is 12.8. The lowest BCUT2D eigenvalue weighted by molar-refractivity contribution is 1.19. The summed E-state index contributed by atoms with van der Waals surface area (Å²) in [6.45, 7) is 2.23. The molecule has 0 bridgehead atoms. The van der Waals surface area contributed by atoms with E-state index < -0.39 is 0 Å². The summed E-state index contributed by atoms with van der Waals surface area (Å²) in [6.07, 6.45) is 0. The zero-order valence-corrected chi connectivity index (χ0v) is 23.2. The van der Waals surface area contributed by atoms with Gasteiger partial charge in [0.25, 0.3) is 0 Å². The summed E-state index contributed by atoms with van der Waals surface area (Å²) < 4.78 is 6.60. The quantitative estimate of drug-likeness (QED) is 0.200. The molecule has 40 heavy (non-hydrogen) atoms. The second-order valence-electron chi connectivity index (χ2n) is 10.9. The summed E-state index contributed by atoms with van der Waals surface area (Å²) >= 11 is 3.76. The Hall–Kier alpha value is -4.32. The Bertz CT molecular complexity index is 2540. The molecule has 0 saturated heterocycles. The number of benzene rings is 5.